The van der Waals surface area contributed by atoms with Gasteiger partial charge in [0.15, 0.2) is 0 Å². The van der Waals surface area contributed by atoms with E-state index >= 15 is 0 Å². The van der Waals surface area contributed by atoms with Crippen LogP contribution in [0.2, 0.25) is 5.02 Å². The average molecular weight is 505 g/mol. The molecule has 3 heterocycles. The summed E-state index contributed by atoms with van der Waals surface area (Å²) in [6.07, 6.45) is -3.28. The lowest BCUT2D eigenvalue weighted by atomic mass is 10.0. The number of carbonyl (C=O) groups excluding carboxylic acids is 2. The minimum atomic E-state index is -4.59. The number of thioether (sulfide) groups is 1. The van der Waals surface area contributed by atoms with Gasteiger partial charge in [0.2, 0.25) is 0 Å². The van der Waals surface area contributed by atoms with E-state index in [2.05, 4.69) is 15.1 Å². The summed E-state index contributed by atoms with van der Waals surface area (Å²) in [4.78, 5) is 30.2. The number of hydrogen-bond donors (Lipinski definition) is 1. The lowest BCUT2D eigenvalue weighted by Gasteiger charge is -2.38. The molecule has 3 aliphatic rings. The number of carbonyl (C=O) groups is 2. The van der Waals surface area contributed by atoms with Crippen LogP contribution >= 0.6 is 23.4 Å². The Morgan fingerprint density at radius 3 is 2.24 bits per heavy atom. The van der Waals surface area contributed by atoms with Gasteiger partial charge in [-0.05, 0) is 30.0 Å². The first-order valence-corrected chi connectivity index (χ1v) is 11.8. The van der Waals surface area contributed by atoms with Crippen LogP contribution in [0.3, 0.4) is 0 Å². The normalized spacial score (nSPS) is 22.3. The number of nitrogens with one attached hydrogen (secondary N) is 1. The minimum Gasteiger partial charge on any atom is -0.379 e. The van der Waals surface area contributed by atoms with Gasteiger partial charge < -0.3 is 9.64 Å². The fourth-order valence-corrected chi connectivity index (χ4v) is 5.11. The molecule has 1 aromatic rings. The van der Waals surface area contributed by atoms with Crippen molar-refractivity contribution in [3.63, 3.8) is 0 Å². The van der Waals surface area contributed by atoms with Crippen LogP contribution in [0, 0.1) is 0 Å². The number of halogens is 4. The Kier molecular flexibility index (Phi) is 7.54. The van der Waals surface area contributed by atoms with Gasteiger partial charge in [-0.3, -0.25) is 24.7 Å². The van der Waals surface area contributed by atoms with Crippen molar-refractivity contribution in [3.05, 3.63) is 33.2 Å². The summed E-state index contributed by atoms with van der Waals surface area (Å²) in [7, 11) is 0. The summed E-state index contributed by atoms with van der Waals surface area (Å²) in [5.74, 6) is -0.627. The number of nitrogens with zero attached hydrogens (tertiary/aromatic N) is 3. The summed E-state index contributed by atoms with van der Waals surface area (Å²) < 4.78 is 45.6. The molecule has 0 radical (unpaired) electrons. The molecule has 180 valence electrons. The molecule has 3 fully saturated rings. The third-order valence-electron chi connectivity index (χ3n) is 5.87. The SMILES string of the molecule is O=C1NC(=O)C(=Cc2cc(C(F)(F)F)cc(Cl)c2N2CCN(CCN3CCOCC3)CC2)S1. The maximum absolute atomic E-state index is 13.4. The zero-order valence-corrected chi connectivity index (χ0v) is 19.4. The van der Waals surface area contributed by atoms with Gasteiger partial charge in [-0.15, -0.1) is 0 Å². The van der Waals surface area contributed by atoms with Crippen LogP contribution in [0.1, 0.15) is 11.1 Å². The Morgan fingerprint density at radius 2 is 1.67 bits per heavy atom. The minimum absolute atomic E-state index is 0.0341. The number of benzene rings is 1. The maximum atomic E-state index is 13.4. The lowest BCUT2D eigenvalue weighted by Crippen LogP contribution is -2.49. The van der Waals surface area contributed by atoms with E-state index in [0.29, 0.717) is 30.5 Å². The molecule has 3 saturated heterocycles. The number of ether oxygens (including phenoxy) is 1. The number of piperazine rings is 1. The molecule has 0 unspecified atom stereocenters. The maximum Gasteiger partial charge on any atom is 0.416 e. The first-order chi connectivity index (χ1) is 15.7. The van der Waals surface area contributed by atoms with Crippen molar-refractivity contribution in [1.82, 2.24) is 15.1 Å². The van der Waals surface area contributed by atoms with Crippen LogP contribution in [0.4, 0.5) is 23.7 Å². The quantitative estimate of drug-likeness (QED) is 0.618. The van der Waals surface area contributed by atoms with Crippen LogP contribution < -0.4 is 10.2 Å². The summed E-state index contributed by atoms with van der Waals surface area (Å²) in [6.45, 7) is 7.86. The van der Waals surface area contributed by atoms with Gasteiger partial charge in [0.1, 0.15) is 0 Å². The largest absolute Gasteiger partial charge is 0.416 e. The molecule has 1 aromatic carbocycles. The highest BCUT2D eigenvalue weighted by molar-refractivity contribution is 8.18. The molecule has 3 aliphatic heterocycles. The Morgan fingerprint density at radius 1 is 1.03 bits per heavy atom. The van der Waals surface area contributed by atoms with E-state index in [1.165, 1.54) is 6.08 Å². The van der Waals surface area contributed by atoms with Crippen LogP contribution in [-0.2, 0) is 15.7 Å². The number of morpholine rings is 1. The second-order valence-corrected chi connectivity index (χ2v) is 9.45. The van der Waals surface area contributed by atoms with Crippen molar-refractivity contribution in [2.24, 2.45) is 0 Å². The zero-order chi connectivity index (χ0) is 23.6. The zero-order valence-electron chi connectivity index (χ0n) is 17.8. The molecule has 0 saturated carbocycles. The molecular formula is C21H24ClF3N4O3S. The van der Waals surface area contributed by atoms with Crippen LogP contribution in [0.5, 0.6) is 0 Å². The molecule has 33 heavy (non-hydrogen) atoms. The number of rotatable bonds is 5. The summed E-state index contributed by atoms with van der Waals surface area (Å²) in [6, 6.07) is 1.90. The summed E-state index contributed by atoms with van der Waals surface area (Å²) >= 11 is 7.01. The predicted molar refractivity (Wildman–Crippen MR) is 121 cm³/mol. The summed E-state index contributed by atoms with van der Waals surface area (Å²) in [5, 5.41) is 1.53. The van der Waals surface area contributed by atoms with E-state index in [1.54, 1.807) is 0 Å². The van der Waals surface area contributed by atoms with Crippen molar-refractivity contribution in [3.8, 4) is 0 Å². The number of hydrogen-bond acceptors (Lipinski definition) is 7. The Bertz CT molecular complexity index is 945. The average Bonchev–Trinajstić information content (AvgIpc) is 3.09. The Balaban J connectivity index is 1.51. The van der Waals surface area contributed by atoms with Crippen molar-refractivity contribution in [1.29, 1.82) is 0 Å². The van der Waals surface area contributed by atoms with Crippen LogP contribution in [-0.4, -0.2) is 86.5 Å². The molecular weight excluding hydrogens is 481 g/mol. The van der Waals surface area contributed by atoms with Crippen molar-refractivity contribution >= 4 is 46.3 Å². The first-order valence-electron chi connectivity index (χ1n) is 10.6. The van der Waals surface area contributed by atoms with Crippen molar-refractivity contribution in [2.75, 3.05) is 70.5 Å². The van der Waals surface area contributed by atoms with Gasteiger partial charge in [-0.1, -0.05) is 11.6 Å². The molecule has 0 spiro atoms. The fraction of sp³-hybridized carbons (Fsp3) is 0.524. The van der Waals surface area contributed by atoms with Gasteiger partial charge in [0.25, 0.3) is 11.1 Å². The van der Waals surface area contributed by atoms with E-state index in [9.17, 15) is 22.8 Å². The number of imide groups is 1. The van der Waals surface area contributed by atoms with Gasteiger partial charge in [0.05, 0.1) is 34.4 Å². The van der Waals surface area contributed by atoms with Gasteiger partial charge >= 0.3 is 6.18 Å². The number of alkyl halides is 3. The highest BCUT2D eigenvalue weighted by Crippen LogP contribution is 2.40. The second kappa shape index (κ2) is 10.2. The predicted octanol–water partition coefficient (Wildman–Crippen LogP) is 3.14. The van der Waals surface area contributed by atoms with E-state index < -0.39 is 22.9 Å². The molecule has 1 N–H and O–H groups in total. The lowest BCUT2D eigenvalue weighted by molar-refractivity contribution is -0.137. The van der Waals surface area contributed by atoms with Gasteiger partial charge in [0, 0.05) is 57.9 Å². The molecule has 7 nitrogen and oxygen atoms in total. The number of amides is 2. The molecule has 0 aromatic heterocycles. The first kappa shape index (κ1) is 24.3. The third kappa shape index (κ3) is 6.02. The molecule has 2 amide bonds. The standard InChI is InChI=1S/C21H24ClF3N4O3S/c22-16-13-15(21(23,24)25)11-14(12-17-19(30)26-20(31)33-17)18(16)29-5-3-27(4-6-29)1-2-28-7-9-32-10-8-28/h11-13H,1-10H2,(H,26,30,31). The van der Waals surface area contributed by atoms with E-state index in [4.69, 9.17) is 16.3 Å². The monoisotopic (exact) mass is 504 g/mol. The van der Waals surface area contributed by atoms with Crippen molar-refractivity contribution in [2.45, 2.75) is 6.18 Å². The van der Waals surface area contributed by atoms with Gasteiger partial charge in [-0.2, -0.15) is 13.2 Å². The summed E-state index contributed by atoms with van der Waals surface area (Å²) in [5.41, 5.74) is -0.288. The van der Waals surface area contributed by atoms with E-state index in [-0.39, 0.29) is 15.5 Å². The molecule has 4 rings (SSSR count). The van der Waals surface area contributed by atoms with Crippen molar-refractivity contribution < 1.29 is 27.5 Å². The van der Waals surface area contributed by atoms with Crippen LogP contribution in [0.25, 0.3) is 6.08 Å². The number of anilines is 1. The van der Waals surface area contributed by atoms with Gasteiger partial charge in [-0.25, -0.2) is 0 Å². The smallest absolute Gasteiger partial charge is 0.379 e. The topological polar surface area (TPSA) is 65.1 Å². The highest BCUT2D eigenvalue weighted by Gasteiger charge is 2.34. The van der Waals surface area contributed by atoms with Crippen LogP contribution in [0.15, 0.2) is 17.0 Å². The molecule has 0 aliphatic carbocycles. The van der Waals surface area contributed by atoms with E-state index in [0.717, 1.165) is 64.6 Å². The van der Waals surface area contributed by atoms with E-state index in [1.807, 2.05) is 4.90 Å². The Labute approximate surface area is 198 Å². The third-order valence-corrected chi connectivity index (χ3v) is 6.97. The fourth-order valence-electron chi connectivity index (χ4n) is 4.09. The molecule has 0 bridgehead atoms. The Hall–Kier alpha value is -1.79. The second-order valence-electron chi connectivity index (χ2n) is 8.03. The molecule has 0 atom stereocenters. The molecule has 12 heteroatoms. The highest BCUT2D eigenvalue weighted by atomic mass is 35.5.